The number of carbonyl (C=O) groups is 1. The first-order valence-electron chi connectivity index (χ1n) is 10.3. The van der Waals surface area contributed by atoms with Gasteiger partial charge in [0.2, 0.25) is 5.91 Å². The second-order valence-corrected chi connectivity index (χ2v) is 8.64. The van der Waals surface area contributed by atoms with E-state index in [1.807, 2.05) is 28.6 Å². The van der Waals surface area contributed by atoms with Crippen LogP contribution in [0, 0.1) is 12.8 Å². The van der Waals surface area contributed by atoms with Gasteiger partial charge in [0.1, 0.15) is 10.9 Å². The second-order valence-electron chi connectivity index (χ2n) is 8.28. The third-order valence-electron chi connectivity index (χ3n) is 5.36. The molecular formula is C22H31ClN4O2. The van der Waals surface area contributed by atoms with E-state index in [4.69, 9.17) is 16.0 Å². The predicted molar refractivity (Wildman–Crippen MR) is 116 cm³/mol. The molecule has 0 N–H and O–H groups in total. The molecule has 1 aliphatic rings. The SMILES string of the molecule is Cc1nn(CC(C)C)c(Cl)c1/C=C/C(=O)N(Cc1ccco1)C1CCN(C)CC1. The quantitative estimate of drug-likeness (QED) is 0.631. The van der Waals surface area contributed by atoms with Crippen LogP contribution in [0.2, 0.25) is 5.15 Å². The normalized spacial score (nSPS) is 16.2. The largest absolute Gasteiger partial charge is 0.467 e. The van der Waals surface area contributed by atoms with E-state index in [1.54, 1.807) is 18.4 Å². The Labute approximate surface area is 178 Å². The lowest BCUT2D eigenvalue weighted by atomic mass is 10.0. The van der Waals surface area contributed by atoms with Crippen LogP contribution in [0.5, 0.6) is 0 Å². The monoisotopic (exact) mass is 418 g/mol. The fourth-order valence-corrected chi connectivity index (χ4v) is 4.04. The van der Waals surface area contributed by atoms with E-state index in [2.05, 4.69) is 30.9 Å². The summed E-state index contributed by atoms with van der Waals surface area (Å²) < 4.78 is 7.31. The van der Waals surface area contributed by atoms with E-state index in [1.165, 1.54) is 0 Å². The van der Waals surface area contributed by atoms with Crippen LogP contribution in [0.15, 0.2) is 28.9 Å². The lowest BCUT2D eigenvalue weighted by Crippen LogP contribution is -2.45. The number of nitrogens with zero attached hydrogens (tertiary/aromatic N) is 4. The van der Waals surface area contributed by atoms with Gasteiger partial charge < -0.3 is 14.2 Å². The van der Waals surface area contributed by atoms with Gasteiger partial charge in [-0.05, 0) is 64.0 Å². The fourth-order valence-electron chi connectivity index (χ4n) is 3.74. The predicted octanol–water partition coefficient (Wildman–Crippen LogP) is 4.23. The van der Waals surface area contributed by atoms with Crippen LogP contribution in [0.1, 0.15) is 43.7 Å². The molecule has 0 bridgehead atoms. The van der Waals surface area contributed by atoms with Gasteiger partial charge in [-0.2, -0.15) is 5.10 Å². The number of likely N-dealkylation sites (tertiary alicyclic amines) is 1. The Morgan fingerprint density at radius 2 is 2.14 bits per heavy atom. The van der Waals surface area contributed by atoms with E-state index < -0.39 is 0 Å². The summed E-state index contributed by atoms with van der Waals surface area (Å²) in [6.07, 6.45) is 6.99. The zero-order valence-electron chi connectivity index (χ0n) is 17.8. The van der Waals surface area contributed by atoms with Crippen LogP contribution in [0.25, 0.3) is 6.08 Å². The number of piperidine rings is 1. The highest BCUT2D eigenvalue weighted by molar-refractivity contribution is 6.31. The van der Waals surface area contributed by atoms with Gasteiger partial charge in [-0.15, -0.1) is 0 Å². The molecule has 0 atom stereocenters. The van der Waals surface area contributed by atoms with Crippen LogP contribution < -0.4 is 0 Å². The van der Waals surface area contributed by atoms with Gasteiger partial charge in [0.15, 0.2) is 0 Å². The Balaban J connectivity index is 1.78. The first kappa shape index (κ1) is 21.7. The summed E-state index contributed by atoms with van der Waals surface area (Å²) in [5.74, 6) is 1.21. The maximum absolute atomic E-state index is 13.1. The number of furan rings is 1. The van der Waals surface area contributed by atoms with Crippen LogP contribution in [0.3, 0.4) is 0 Å². The van der Waals surface area contributed by atoms with Gasteiger partial charge in [-0.1, -0.05) is 25.4 Å². The summed E-state index contributed by atoms with van der Waals surface area (Å²) in [5.41, 5.74) is 1.64. The standard InChI is InChI=1S/C22H31ClN4O2/c1-16(2)14-27-22(23)20(17(3)24-27)7-8-21(28)26(15-19-6-5-13-29-19)18-9-11-25(4)12-10-18/h5-8,13,16,18H,9-12,14-15H2,1-4H3/b8-7+. The average Bonchev–Trinajstić information content (AvgIpc) is 3.27. The molecule has 0 aliphatic carbocycles. The van der Waals surface area contributed by atoms with Crippen molar-refractivity contribution in [2.24, 2.45) is 5.92 Å². The van der Waals surface area contributed by atoms with E-state index in [0.717, 1.165) is 49.5 Å². The summed E-state index contributed by atoms with van der Waals surface area (Å²) in [4.78, 5) is 17.4. The van der Waals surface area contributed by atoms with Crippen LogP contribution in [0.4, 0.5) is 0 Å². The van der Waals surface area contributed by atoms with Crippen molar-refractivity contribution in [1.82, 2.24) is 19.6 Å². The third-order valence-corrected chi connectivity index (χ3v) is 5.76. The summed E-state index contributed by atoms with van der Waals surface area (Å²) >= 11 is 6.52. The maximum Gasteiger partial charge on any atom is 0.247 e. The Morgan fingerprint density at radius 1 is 1.41 bits per heavy atom. The zero-order chi connectivity index (χ0) is 21.0. The van der Waals surface area contributed by atoms with Crippen LogP contribution >= 0.6 is 11.6 Å². The minimum Gasteiger partial charge on any atom is -0.467 e. The molecule has 3 rings (SSSR count). The molecule has 0 saturated carbocycles. The molecule has 29 heavy (non-hydrogen) atoms. The van der Waals surface area contributed by atoms with Crippen LogP contribution in [-0.2, 0) is 17.9 Å². The number of rotatable bonds is 7. The smallest absolute Gasteiger partial charge is 0.247 e. The van der Waals surface area contributed by atoms with E-state index in [-0.39, 0.29) is 11.9 Å². The molecule has 0 aromatic carbocycles. The van der Waals surface area contributed by atoms with Gasteiger partial charge >= 0.3 is 0 Å². The highest BCUT2D eigenvalue weighted by Gasteiger charge is 2.26. The number of hydrogen-bond acceptors (Lipinski definition) is 4. The van der Waals surface area contributed by atoms with Crippen molar-refractivity contribution in [3.8, 4) is 0 Å². The van der Waals surface area contributed by atoms with Gasteiger partial charge in [0.25, 0.3) is 0 Å². The lowest BCUT2D eigenvalue weighted by Gasteiger charge is -2.36. The van der Waals surface area contributed by atoms with E-state index in [9.17, 15) is 4.79 Å². The molecule has 0 radical (unpaired) electrons. The van der Waals surface area contributed by atoms with Gasteiger partial charge in [-0.3, -0.25) is 9.48 Å². The highest BCUT2D eigenvalue weighted by Crippen LogP contribution is 2.24. The van der Waals surface area contributed by atoms with Crippen molar-refractivity contribution >= 4 is 23.6 Å². The molecular weight excluding hydrogens is 388 g/mol. The molecule has 6 nitrogen and oxygen atoms in total. The number of halogens is 1. The minimum absolute atomic E-state index is 0.0250. The number of carbonyl (C=O) groups excluding carboxylic acids is 1. The summed E-state index contributed by atoms with van der Waals surface area (Å²) in [5, 5.41) is 5.10. The Bertz CT molecular complexity index is 833. The Hall–Kier alpha value is -2.05. The lowest BCUT2D eigenvalue weighted by molar-refractivity contribution is -0.130. The van der Waals surface area contributed by atoms with Gasteiger partial charge in [0.05, 0.1) is 18.5 Å². The van der Waals surface area contributed by atoms with Crippen molar-refractivity contribution in [2.45, 2.75) is 52.7 Å². The van der Waals surface area contributed by atoms with Crippen molar-refractivity contribution < 1.29 is 9.21 Å². The topological polar surface area (TPSA) is 54.5 Å². The molecule has 1 saturated heterocycles. The zero-order valence-corrected chi connectivity index (χ0v) is 18.5. The number of aryl methyl sites for hydroxylation is 1. The number of aromatic nitrogens is 2. The van der Waals surface area contributed by atoms with Gasteiger partial charge in [0, 0.05) is 24.2 Å². The van der Waals surface area contributed by atoms with Crippen molar-refractivity contribution in [3.63, 3.8) is 0 Å². The first-order valence-corrected chi connectivity index (χ1v) is 10.7. The molecule has 2 aromatic rings. The summed E-state index contributed by atoms with van der Waals surface area (Å²) in [6, 6.07) is 3.97. The second kappa shape index (κ2) is 9.63. The summed E-state index contributed by atoms with van der Waals surface area (Å²) in [6.45, 7) is 9.38. The van der Waals surface area contributed by atoms with E-state index >= 15 is 0 Å². The maximum atomic E-state index is 13.1. The highest BCUT2D eigenvalue weighted by atomic mass is 35.5. The molecule has 0 unspecified atom stereocenters. The fraction of sp³-hybridized carbons (Fsp3) is 0.545. The molecule has 1 amide bonds. The average molecular weight is 419 g/mol. The molecule has 158 valence electrons. The molecule has 1 aliphatic heterocycles. The number of amides is 1. The number of hydrogen-bond donors (Lipinski definition) is 0. The van der Waals surface area contributed by atoms with Crippen molar-refractivity contribution in [3.05, 3.63) is 46.6 Å². The van der Waals surface area contributed by atoms with Gasteiger partial charge in [-0.25, -0.2) is 0 Å². The van der Waals surface area contributed by atoms with E-state index in [0.29, 0.717) is 17.6 Å². The Morgan fingerprint density at radius 3 is 2.76 bits per heavy atom. The molecule has 0 spiro atoms. The first-order chi connectivity index (χ1) is 13.8. The molecule has 3 heterocycles. The van der Waals surface area contributed by atoms with Crippen LogP contribution in [-0.4, -0.2) is 51.7 Å². The third kappa shape index (κ3) is 5.52. The Kier molecular flexibility index (Phi) is 7.19. The summed E-state index contributed by atoms with van der Waals surface area (Å²) in [7, 11) is 2.12. The van der Waals surface area contributed by atoms with Crippen molar-refractivity contribution in [1.29, 1.82) is 0 Å². The molecule has 1 fully saturated rings. The van der Waals surface area contributed by atoms with Crippen molar-refractivity contribution in [2.75, 3.05) is 20.1 Å². The molecule has 2 aromatic heterocycles. The minimum atomic E-state index is -0.0250. The molecule has 7 heteroatoms.